The third-order valence-electron chi connectivity index (χ3n) is 8.45. The van der Waals surface area contributed by atoms with E-state index in [0.717, 1.165) is 18.8 Å². The van der Waals surface area contributed by atoms with Crippen molar-refractivity contribution in [3.63, 3.8) is 0 Å². The molecule has 0 bridgehead atoms. The molecule has 0 aromatic carbocycles. The van der Waals surface area contributed by atoms with Crippen molar-refractivity contribution in [1.29, 1.82) is 0 Å². The van der Waals surface area contributed by atoms with Gasteiger partial charge in [0.15, 0.2) is 0 Å². The lowest BCUT2D eigenvalue weighted by molar-refractivity contribution is -0.0970. The van der Waals surface area contributed by atoms with Crippen molar-refractivity contribution in [2.24, 2.45) is 30.2 Å². The number of aliphatic hydroxyl groups excluding tert-OH is 1. The van der Waals surface area contributed by atoms with Crippen molar-refractivity contribution in [1.82, 2.24) is 15.1 Å². The minimum atomic E-state index is -0.595. The smallest absolute Gasteiger partial charge is 0.258 e. The Kier molecular flexibility index (Phi) is 5.66. The average molecular weight is 404 g/mol. The van der Waals surface area contributed by atoms with Gasteiger partial charge < -0.3 is 15.2 Å². The molecule has 1 heterocycles. The van der Waals surface area contributed by atoms with Crippen LogP contribution in [0.25, 0.3) is 0 Å². The molecular weight excluding hydrogens is 366 g/mol. The van der Waals surface area contributed by atoms with Crippen LogP contribution in [0.2, 0.25) is 0 Å². The summed E-state index contributed by atoms with van der Waals surface area (Å²) in [5.74, 6) is 2.23. The van der Waals surface area contributed by atoms with Crippen LogP contribution in [0, 0.1) is 23.2 Å². The summed E-state index contributed by atoms with van der Waals surface area (Å²) < 4.78 is 7.75. The highest BCUT2D eigenvalue weighted by Gasteiger charge is 2.58. The Bertz CT molecular complexity index is 738. The number of nitrogens with one attached hydrogen (secondary N) is 1. The largest absolute Gasteiger partial charge is 0.477 e. The fraction of sp³-hybridized carbons (Fsp3) is 0.826. The molecule has 3 fully saturated rings. The maximum Gasteiger partial charge on any atom is 0.258 e. The monoisotopic (exact) mass is 403 g/mol. The first-order valence-electron chi connectivity index (χ1n) is 11.5. The molecule has 3 saturated carbocycles. The van der Waals surface area contributed by atoms with Crippen molar-refractivity contribution in [3.05, 3.63) is 11.8 Å². The van der Waals surface area contributed by atoms with E-state index in [2.05, 4.69) is 24.3 Å². The van der Waals surface area contributed by atoms with Crippen molar-refractivity contribution < 1.29 is 14.6 Å². The quantitative estimate of drug-likeness (QED) is 0.760. The first-order chi connectivity index (χ1) is 13.9. The maximum atomic E-state index is 13.3. The van der Waals surface area contributed by atoms with Crippen molar-refractivity contribution in [2.75, 3.05) is 13.2 Å². The molecule has 6 nitrogen and oxygen atoms in total. The van der Waals surface area contributed by atoms with Crippen LogP contribution in [0.3, 0.4) is 0 Å². The summed E-state index contributed by atoms with van der Waals surface area (Å²) in [6, 6.07) is 0. The number of aromatic nitrogens is 2. The molecule has 0 radical (unpaired) electrons. The van der Waals surface area contributed by atoms with Gasteiger partial charge in [-0.3, -0.25) is 4.79 Å². The van der Waals surface area contributed by atoms with Crippen LogP contribution in [0.4, 0.5) is 0 Å². The average Bonchev–Trinajstić information content (AvgIpc) is 3.04. The van der Waals surface area contributed by atoms with E-state index in [1.165, 1.54) is 44.9 Å². The maximum absolute atomic E-state index is 13.3. The van der Waals surface area contributed by atoms with E-state index in [0.29, 0.717) is 29.9 Å². The van der Waals surface area contributed by atoms with Crippen LogP contribution in [0.5, 0.6) is 5.88 Å². The molecule has 0 spiro atoms. The van der Waals surface area contributed by atoms with Gasteiger partial charge in [0.1, 0.15) is 5.56 Å². The van der Waals surface area contributed by atoms with Crippen LogP contribution in [-0.4, -0.2) is 39.5 Å². The molecule has 2 N–H and O–H groups in total. The highest BCUT2D eigenvalue weighted by atomic mass is 16.5. The zero-order valence-electron chi connectivity index (χ0n) is 18.2. The Morgan fingerprint density at radius 2 is 2.00 bits per heavy atom. The summed E-state index contributed by atoms with van der Waals surface area (Å²) in [6.45, 7) is 5.03. The van der Waals surface area contributed by atoms with Gasteiger partial charge in [0.25, 0.3) is 5.91 Å². The SMILES string of the molecule is Cn1ncc(C(=O)NC2(CO)CCC3CCC3C2(C)C)c1OCC1CCCCC1. The van der Waals surface area contributed by atoms with Gasteiger partial charge in [0.05, 0.1) is 24.9 Å². The number of hydrogen-bond donors (Lipinski definition) is 2. The summed E-state index contributed by atoms with van der Waals surface area (Å²) in [6.07, 6.45) is 12.2. The van der Waals surface area contributed by atoms with Gasteiger partial charge in [0, 0.05) is 7.05 Å². The number of rotatable bonds is 6. The Morgan fingerprint density at radius 1 is 1.24 bits per heavy atom. The number of carbonyl (C=O) groups excluding carboxylic acids is 1. The summed E-state index contributed by atoms with van der Waals surface area (Å²) in [4.78, 5) is 13.3. The summed E-state index contributed by atoms with van der Waals surface area (Å²) >= 11 is 0. The third-order valence-corrected chi connectivity index (χ3v) is 8.45. The summed E-state index contributed by atoms with van der Waals surface area (Å²) in [5.41, 5.74) is -0.255. The number of aryl methyl sites for hydroxylation is 1. The number of fused-ring (bicyclic) bond motifs is 1. The van der Waals surface area contributed by atoms with Crippen LogP contribution < -0.4 is 10.1 Å². The summed E-state index contributed by atoms with van der Waals surface area (Å²) in [5, 5.41) is 17.9. The van der Waals surface area contributed by atoms with Crippen LogP contribution >= 0.6 is 0 Å². The Balaban J connectivity index is 1.49. The van der Waals surface area contributed by atoms with Gasteiger partial charge in [-0.2, -0.15) is 5.10 Å². The van der Waals surface area contributed by atoms with E-state index in [9.17, 15) is 9.90 Å². The molecule has 1 amide bonds. The van der Waals surface area contributed by atoms with E-state index in [1.807, 2.05) is 7.05 Å². The lowest BCUT2D eigenvalue weighted by atomic mass is 9.48. The van der Waals surface area contributed by atoms with Gasteiger partial charge in [-0.1, -0.05) is 33.1 Å². The van der Waals surface area contributed by atoms with Crippen LogP contribution in [0.1, 0.15) is 82.0 Å². The zero-order chi connectivity index (χ0) is 20.6. The Labute approximate surface area is 174 Å². The first-order valence-corrected chi connectivity index (χ1v) is 11.5. The molecular formula is C23H37N3O3. The third kappa shape index (κ3) is 3.58. The van der Waals surface area contributed by atoms with Gasteiger partial charge in [-0.05, 0) is 61.7 Å². The van der Waals surface area contributed by atoms with E-state index in [4.69, 9.17) is 4.74 Å². The number of aliphatic hydroxyl groups is 1. The fourth-order valence-electron chi connectivity index (χ4n) is 6.11. The molecule has 29 heavy (non-hydrogen) atoms. The molecule has 162 valence electrons. The Hall–Kier alpha value is -1.56. The van der Waals surface area contributed by atoms with Crippen molar-refractivity contribution in [2.45, 2.75) is 77.2 Å². The fourth-order valence-corrected chi connectivity index (χ4v) is 6.11. The minimum absolute atomic E-state index is 0.0342. The molecule has 3 unspecified atom stereocenters. The Morgan fingerprint density at radius 3 is 2.66 bits per heavy atom. The second kappa shape index (κ2) is 7.93. The standard InChI is InChI=1S/C23H37N3O3/c1-22(2)19-10-9-17(19)11-12-23(22,15-27)25-20(28)18-13-24-26(3)21(18)29-14-16-7-5-4-6-8-16/h13,16-17,19,27H,4-12,14-15H2,1-3H3,(H,25,28). The van der Waals surface area contributed by atoms with E-state index in [-0.39, 0.29) is 17.9 Å². The predicted octanol–water partition coefficient (Wildman–Crippen LogP) is 3.69. The molecule has 6 heteroatoms. The van der Waals surface area contributed by atoms with Crippen molar-refractivity contribution >= 4 is 5.91 Å². The molecule has 3 aliphatic rings. The number of ether oxygens (including phenoxy) is 1. The molecule has 1 aromatic heterocycles. The van der Waals surface area contributed by atoms with Gasteiger partial charge in [-0.25, -0.2) is 4.68 Å². The molecule has 3 aliphatic carbocycles. The number of amides is 1. The minimum Gasteiger partial charge on any atom is -0.477 e. The molecule has 0 saturated heterocycles. The normalized spacial score (nSPS) is 31.6. The van der Waals surface area contributed by atoms with Gasteiger partial charge in [-0.15, -0.1) is 0 Å². The number of hydrogen-bond acceptors (Lipinski definition) is 4. The molecule has 1 aromatic rings. The predicted molar refractivity (Wildman–Crippen MR) is 112 cm³/mol. The van der Waals surface area contributed by atoms with Crippen molar-refractivity contribution in [3.8, 4) is 5.88 Å². The van der Waals surface area contributed by atoms with Gasteiger partial charge >= 0.3 is 0 Å². The highest BCUT2D eigenvalue weighted by Crippen LogP contribution is 2.58. The lowest BCUT2D eigenvalue weighted by Crippen LogP contribution is -2.67. The van der Waals surface area contributed by atoms with E-state index in [1.54, 1.807) is 10.9 Å². The lowest BCUT2D eigenvalue weighted by Gasteiger charge is -2.60. The van der Waals surface area contributed by atoms with Crippen LogP contribution in [-0.2, 0) is 7.05 Å². The highest BCUT2D eigenvalue weighted by molar-refractivity contribution is 5.96. The first kappa shape index (κ1) is 20.7. The van der Waals surface area contributed by atoms with E-state index < -0.39 is 5.54 Å². The topological polar surface area (TPSA) is 76.4 Å². The second-order valence-electron chi connectivity index (χ2n) is 10.2. The molecule has 4 rings (SSSR count). The van der Waals surface area contributed by atoms with E-state index >= 15 is 0 Å². The van der Waals surface area contributed by atoms with Crippen LogP contribution in [0.15, 0.2) is 6.20 Å². The zero-order valence-corrected chi connectivity index (χ0v) is 18.2. The second-order valence-corrected chi connectivity index (χ2v) is 10.2. The summed E-state index contributed by atoms with van der Waals surface area (Å²) in [7, 11) is 1.82. The molecule has 3 atom stereocenters. The molecule has 0 aliphatic heterocycles. The number of nitrogens with zero attached hydrogens (tertiary/aromatic N) is 2. The van der Waals surface area contributed by atoms with Gasteiger partial charge in [0.2, 0.25) is 5.88 Å². The number of carbonyl (C=O) groups is 1.